The Bertz CT molecular complexity index is 1200. The van der Waals surface area contributed by atoms with Crippen molar-refractivity contribution in [2.24, 2.45) is 5.92 Å². The SMILES string of the molecule is CCCCN(CCC1CCC(OC2OC(CO)CC(O)C2O)CC1)C(=O)COC(=O)N1CCC(N2CCc3ccccc3NC2=O)CC1. The summed E-state index contributed by atoms with van der Waals surface area (Å²) in [5.41, 5.74) is 1.98. The van der Waals surface area contributed by atoms with Gasteiger partial charge in [0.25, 0.3) is 5.91 Å². The van der Waals surface area contributed by atoms with Crippen LogP contribution in [0.3, 0.4) is 0 Å². The molecule has 0 bridgehead atoms. The highest BCUT2D eigenvalue weighted by atomic mass is 16.7. The van der Waals surface area contributed by atoms with Gasteiger partial charge in [-0.25, -0.2) is 9.59 Å². The van der Waals surface area contributed by atoms with Gasteiger partial charge in [0.15, 0.2) is 12.9 Å². The van der Waals surface area contributed by atoms with Crippen LogP contribution in [0.1, 0.15) is 76.7 Å². The maximum atomic E-state index is 13.2. The van der Waals surface area contributed by atoms with Crippen molar-refractivity contribution >= 4 is 23.7 Å². The zero-order chi connectivity index (χ0) is 34.0. The van der Waals surface area contributed by atoms with E-state index >= 15 is 0 Å². The molecule has 13 nitrogen and oxygen atoms in total. The minimum atomic E-state index is -1.14. The molecule has 4 amide bonds. The molecule has 4 N–H and O–H groups in total. The van der Waals surface area contributed by atoms with Crippen LogP contribution in [0.25, 0.3) is 0 Å². The predicted octanol–water partition coefficient (Wildman–Crippen LogP) is 3.10. The van der Waals surface area contributed by atoms with Gasteiger partial charge in [-0.15, -0.1) is 0 Å². The summed E-state index contributed by atoms with van der Waals surface area (Å²) in [5.74, 6) is 0.226. The Kier molecular flexibility index (Phi) is 13.3. The van der Waals surface area contributed by atoms with Gasteiger partial charge in [-0.2, -0.15) is 0 Å². The van der Waals surface area contributed by atoms with Gasteiger partial charge >= 0.3 is 12.1 Å². The maximum absolute atomic E-state index is 13.2. The molecule has 3 fully saturated rings. The van der Waals surface area contributed by atoms with E-state index in [1.165, 1.54) is 0 Å². The van der Waals surface area contributed by atoms with E-state index in [1.54, 1.807) is 4.90 Å². The molecule has 2 saturated heterocycles. The Labute approximate surface area is 283 Å². The highest BCUT2D eigenvalue weighted by Crippen LogP contribution is 2.32. The van der Waals surface area contributed by atoms with E-state index in [0.717, 1.165) is 62.6 Å². The van der Waals surface area contributed by atoms with Crippen molar-refractivity contribution in [3.63, 3.8) is 0 Å². The zero-order valence-corrected chi connectivity index (χ0v) is 28.2. The topological polar surface area (TPSA) is 161 Å². The number of ether oxygens (including phenoxy) is 3. The van der Waals surface area contributed by atoms with Crippen LogP contribution in [0.4, 0.5) is 15.3 Å². The largest absolute Gasteiger partial charge is 0.439 e. The summed E-state index contributed by atoms with van der Waals surface area (Å²) in [5, 5.41) is 32.8. The van der Waals surface area contributed by atoms with E-state index in [1.807, 2.05) is 34.1 Å². The molecule has 3 aliphatic heterocycles. The lowest BCUT2D eigenvalue weighted by Gasteiger charge is -2.39. The normalized spacial score (nSPS) is 28.3. The molecule has 13 heteroatoms. The maximum Gasteiger partial charge on any atom is 0.410 e. The fourth-order valence-corrected chi connectivity index (χ4v) is 7.35. The van der Waals surface area contributed by atoms with Crippen molar-refractivity contribution in [3.05, 3.63) is 29.8 Å². The van der Waals surface area contributed by atoms with E-state index in [2.05, 4.69) is 12.2 Å². The number of nitrogens with one attached hydrogen (secondary N) is 1. The average Bonchev–Trinajstić information content (AvgIpc) is 3.27. The van der Waals surface area contributed by atoms with Gasteiger partial charge in [0.05, 0.1) is 24.9 Å². The molecule has 4 aliphatic rings. The van der Waals surface area contributed by atoms with Crippen LogP contribution in [0, 0.1) is 5.92 Å². The second-order valence-corrected chi connectivity index (χ2v) is 13.7. The Morgan fingerprint density at radius 3 is 2.52 bits per heavy atom. The number of likely N-dealkylation sites (tertiary alicyclic amines) is 1. The van der Waals surface area contributed by atoms with Crippen molar-refractivity contribution in [2.45, 2.75) is 114 Å². The van der Waals surface area contributed by atoms with E-state index in [4.69, 9.17) is 14.2 Å². The molecule has 1 aromatic rings. The average molecular weight is 675 g/mol. The van der Waals surface area contributed by atoms with Crippen LogP contribution >= 0.6 is 0 Å². The molecule has 48 heavy (non-hydrogen) atoms. The first-order valence-electron chi connectivity index (χ1n) is 17.9. The number of urea groups is 1. The number of nitrogens with zero attached hydrogens (tertiary/aromatic N) is 3. The summed E-state index contributed by atoms with van der Waals surface area (Å²) < 4.78 is 17.1. The van der Waals surface area contributed by atoms with Gasteiger partial charge in [-0.1, -0.05) is 31.5 Å². The first-order valence-corrected chi connectivity index (χ1v) is 17.9. The number of anilines is 1. The third-order valence-corrected chi connectivity index (χ3v) is 10.4. The monoisotopic (exact) mass is 674 g/mol. The fourth-order valence-electron chi connectivity index (χ4n) is 7.35. The van der Waals surface area contributed by atoms with Gasteiger partial charge in [0.2, 0.25) is 0 Å². The Balaban J connectivity index is 1.01. The summed E-state index contributed by atoms with van der Waals surface area (Å²) in [6.07, 6.45) is 4.06. The van der Waals surface area contributed by atoms with Gasteiger partial charge in [-0.3, -0.25) is 4.79 Å². The molecule has 1 aliphatic carbocycles. The number of hydrogen-bond acceptors (Lipinski definition) is 9. The van der Waals surface area contributed by atoms with Crippen molar-refractivity contribution in [2.75, 3.05) is 51.3 Å². The Morgan fingerprint density at radius 1 is 1.04 bits per heavy atom. The zero-order valence-electron chi connectivity index (χ0n) is 28.2. The lowest BCUT2D eigenvalue weighted by Crippen LogP contribution is -2.51. The number of piperidine rings is 1. The molecule has 1 saturated carbocycles. The number of unbranched alkanes of at least 4 members (excludes halogenated alkanes) is 1. The first kappa shape index (κ1) is 36.3. The number of fused-ring (bicyclic) bond motifs is 1. The number of hydrogen-bond donors (Lipinski definition) is 4. The van der Waals surface area contributed by atoms with Crippen molar-refractivity contribution in [3.8, 4) is 0 Å². The highest BCUT2D eigenvalue weighted by Gasteiger charge is 2.39. The summed E-state index contributed by atoms with van der Waals surface area (Å²) in [4.78, 5) is 44.4. The number of carbonyl (C=O) groups is 3. The van der Waals surface area contributed by atoms with Gasteiger partial charge in [0, 0.05) is 50.9 Å². The number of aliphatic hydroxyl groups excluding tert-OH is 3. The number of para-hydroxylation sites is 1. The van der Waals surface area contributed by atoms with Crippen molar-refractivity contribution in [1.29, 1.82) is 0 Å². The van der Waals surface area contributed by atoms with Crippen molar-refractivity contribution in [1.82, 2.24) is 14.7 Å². The quantitative estimate of drug-likeness (QED) is 0.261. The molecule has 3 heterocycles. The fraction of sp³-hybridized carbons (Fsp3) is 0.743. The second-order valence-electron chi connectivity index (χ2n) is 13.7. The highest BCUT2D eigenvalue weighted by molar-refractivity contribution is 5.91. The minimum Gasteiger partial charge on any atom is -0.439 e. The summed E-state index contributed by atoms with van der Waals surface area (Å²) >= 11 is 0. The van der Waals surface area contributed by atoms with E-state index in [0.29, 0.717) is 51.5 Å². The summed E-state index contributed by atoms with van der Waals surface area (Å²) in [7, 11) is 0. The molecule has 268 valence electrons. The van der Waals surface area contributed by atoms with Crippen LogP contribution in [-0.4, -0.2) is 131 Å². The number of carbonyl (C=O) groups excluding carboxylic acids is 3. The molecule has 0 radical (unpaired) electrons. The van der Waals surface area contributed by atoms with Gasteiger partial charge < -0.3 is 49.5 Å². The Morgan fingerprint density at radius 2 is 1.79 bits per heavy atom. The van der Waals surface area contributed by atoms with Gasteiger partial charge in [-0.05, 0) is 75.3 Å². The summed E-state index contributed by atoms with van der Waals surface area (Å²) in [6, 6.07) is 7.78. The molecule has 4 atom stereocenters. The predicted molar refractivity (Wildman–Crippen MR) is 177 cm³/mol. The summed E-state index contributed by atoms with van der Waals surface area (Å²) in [6.45, 7) is 4.32. The molecule has 1 aromatic carbocycles. The van der Waals surface area contributed by atoms with E-state index in [9.17, 15) is 29.7 Å². The van der Waals surface area contributed by atoms with E-state index < -0.39 is 30.7 Å². The lowest BCUT2D eigenvalue weighted by molar-refractivity contribution is -0.287. The number of amides is 4. The second kappa shape index (κ2) is 17.6. The van der Waals surface area contributed by atoms with Crippen LogP contribution < -0.4 is 5.32 Å². The van der Waals surface area contributed by atoms with Crippen LogP contribution in [0.2, 0.25) is 0 Å². The standard InChI is InChI=1S/C35H54N4O9/c1-2-3-16-37(17-12-24-8-10-27(11-9-24)47-33-32(43)30(41)21-28(22-40)48-33)31(42)23-46-35(45)38-18-14-26(15-19-38)39-20-13-25-6-4-5-7-29(25)36-34(39)44/h4-7,24,26-28,30,32-33,40-41,43H,2-3,8-23H2,1H3,(H,36,44). The van der Waals surface area contributed by atoms with E-state index in [-0.39, 0.29) is 43.7 Å². The smallest absolute Gasteiger partial charge is 0.410 e. The Hall–Kier alpha value is -2.97. The first-order chi connectivity index (χ1) is 23.2. The van der Waals surface area contributed by atoms with Crippen LogP contribution in [0.5, 0.6) is 0 Å². The third-order valence-electron chi connectivity index (χ3n) is 10.4. The molecule has 5 rings (SSSR count). The third kappa shape index (κ3) is 9.59. The minimum absolute atomic E-state index is 0.0369. The number of rotatable bonds is 12. The molecule has 0 spiro atoms. The number of aliphatic hydroxyl groups is 3. The van der Waals surface area contributed by atoms with Crippen LogP contribution in [0.15, 0.2) is 24.3 Å². The molecular weight excluding hydrogens is 620 g/mol. The van der Waals surface area contributed by atoms with Crippen LogP contribution in [-0.2, 0) is 25.4 Å². The molecule has 0 aromatic heterocycles. The lowest BCUT2D eigenvalue weighted by atomic mass is 9.85. The number of benzene rings is 1. The van der Waals surface area contributed by atoms with Crippen molar-refractivity contribution < 1.29 is 43.9 Å². The molecule has 4 unspecified atom stereocenters. The molecular formula is C35H54N4O9. The van der Waals surface area contributed by atoms with Gasteiger partial charge in [0.1, 0.15) is 6.10 Å².